The van der Waals surface area contributed by atoms with Crippen molar-refractivity contribution in [3.8, 4) is 0 Å². The van der Waals surface area contributed by atoms with Crippen LogP contribution in [0.15, 0.2) is 24.3 Å². The highest BCUT2D eigenvalue weighted by atomic mass is 32.1. The lowest BCUT2D eigenvalue weighted by molar-refractivity contribution is 0.0934. The lowest BCUT2D eigenvalue weighted by atomic mass is 9.69. The van der Waals surface area contributed by atoms with Crippen molar-refractivity contribution in [3.63, 3.8) is 0 Å². The molecule has 0 saturated carbocycles. The Hall–Kier alpha value is -1.81. The summed E-state index contributed by atoms with van der Waals surface area (Å²) in [7, 11) is 0. The minimum absolute atomic E-state index is 0.0824. The molecule has 2 aromatic rings. The van der Waals surface area contributed by atoms with Crippen LogP contribution in [0.25, 0.3) is 0 Å². The Balaban J connectivity index is 1.60. The minimum atomic E-state index is -0.140. The molecule has 0 radical (unpaired) electrons. The molecule has 2 aliphatic rings. The maximum Gasteiger partial charge on any atom is 0.256 e. The van der Waals surface area contributed by atoms with Crippen LogP contribution >= 0.6 is 11.3 Å². The number of hydrogen-bond acceptors (Lipinski definition) is 3. The van der Waals surface area contributed by atoms with Crippen LogP contribution in [0.4, 0.5) is 5.00 Å². The second-order valence-electron chi connectivity index (χ2n) is 8.64. The van der Waals surface area contributed by atoms with Gasteiger partial charge in [0.2, 0.25) is 0 Å². The van der Waals surface area contributed by atoms with Crippen LogP contribution < -0.4 is 10.6 Å². The van der Waals surface area contributed by atoms with E-state index < -0.39 is 0 Å². The molecule has 2 heterocycles. The number of nitrogens with one attached hydrogen (secondary N) is 2. The number of carbonyl (C=O) groups is 1. The zero-order valence-electron chi connectivity index (χ0n) is 16.8. The van der Waals surface area contributed by atoms with Crippen LogP contribution in [0, 0.1) is 11.3 Å². The van der Waals surface area contributed by atoms with Gasteiger partial charge in [0, 0.05) is 4.88 Å². The minimum Gasteiger partial charge on any atom is -0.353 e. The molecule has 1 aromatic carbocycles. The molecule has 0 saturated heterocycles. The van der Waals surface area contributed by atoms with E-state index in [0.717, 1.165) is 35.4 Å². The quantitative estimate of drug-likeness (QED) is 0.711. The fourth-order valence-electron chi connectivity index (χ4n) is 4.37. The van der Waals surface area contributed by atoms with Crippen molar-refractivity contribution >= 4 is 22.2 Å². The van der Waals surface area contributed by atoms with Gasteiger partial charge in [0.1, 0.15) is 11.2 Å². The SMILES string of the molecule is CCc1ccc([C@@H]2NC(=O)c3c(sc4c3CC[C@@H](C(C)(C)CC)C4)N2)cc1. The maximum absolute atomic E-state index is 12.9. The van der Waals surface area contributed by atoms with Crippen molar-refractivity contribution < 1.29 is 4.79 Å². The van der Waals surface area contributed by atoms with E-state index in [-0.39, 0.29) is 12.1 Å². The van der Waals surface area contributed by atoms with E-state index in [1.807, 2.05) is 0 Å². The van der Waals surface area contributed by atoms with Gasteiger partial charge < -0.3 is 10.6 Å². The number of fused-ring (bicyclic) bond motifs is 3. The maximum atomic E-state index is 12.9. The van der Waals surface area contributed by atoms with Gasteiger partial charge in [-0.15, -0.1) is 11.3 Å². The Morgan fingerprint density at radius 2 is 1.89 bits per heavy atom. The van der Waals surface area contributed by atoms with Gasteiger partial charge in [0.25, 0.3) is 5.91 Å². The summed E-state index contributed by atoms with van der Waals surface area (Å²) in [4.78, 5) is 14.3. The number of hydrogen-bond donors (Lipinski definition) is 2. The van der Waals surface area contributed by atoms with Gasteiger partial charge in [-0.2, -0.15) is 0 Å². The molecular formula is C23H30N2OS. The van der Waals surface area contributed by atoms with Crippen LogP contribution in [-0.4, -0.2) is 5.91 Å². The van der Waals surface area contributed by atoms with Gasteiger partial charge in [0.15, 0.2) is 0 Å². The Morgan fingerprint density at radius 1 is 1.15 bits per heavy atom. The number of aryl methyl sites for hydroxylation is 1. The normalized spacial score (nSPS) is 21.9. The lowest BCUT2D eigenvalue weighted by Crippen LogP contribution is -2.38. The fourth-order valence-corrected chi connectivity index (χ4v) is 5.72. The molecule has 1 amide bonds. The molecule has 27 heavy (non-hydrogen) atoms. The predicted octanol–water partition coefficient (Wildman–Crippen LogP) is 5.71. The Kier molecular flexibility index (Phi) is 4.79. The number of rotatable bonds is 4. The topological polar surface area (TPSA) is 41.1 Å². The molecule has 0 unspecified atom stereocenters. The molecule has 4 heteroatoms. The third-order valence-corrected chi connectivity index (χ3v) is 7.97. The van der Waals surface area contributed by atoms with Gasteiger partial charge in [-0.1, -0.05) is 58.4 Å². The summed E-state index contributed by atoms with van der Waals surface area (Å²) >= 11 is 1.81. The molecule has 2 atom stereocenters. The summed E-state index contributed by atoms with van der Waals surface area (Å²) in [5.41, 5.74) is 4.99. The average molecular weight is 383 g/mol. The molecule has 1 aliphatic heterocycles. The molecule has 4 rings (SSSR count). The Labute approximate surface area is 166 Å². The second-order valence-corrected chi connectivity index (χ2v) is 9.74. The van der Waals surface area contributed by atoms with Crippen LogP contribution in [0.2, 0.25) is 0 Å². The van der Waals surface area contributed by atoms with E-state index in [2.05, 4.69) is 62.6 Å². The molecule has 0 fully saturated rings. The molecule has 3 nitrogen and oxygen atoms in total. The van der Waals surface area contributed by atoms with Crippen LogP contribution in [0.5, 0.6) is 0 Å². The van der Waals surface area contributed by atoms with E-state index in [0.29, 0.717) is 11.3 Å². The highest BCUT2D eigenvalue weighted by molar-refractivity contribution is 7.16. The average Bonchev–Trinajstić information content (AvgIpc) is 3.06. The standard InChI is InChI=1S/C23H30N2OS/c1-5-14-7-9-15(10-8-14)20-24-21(26)19-17-12-11-16(23(3,4)6-2)13-18(17)27-22(19)25-20/h7-10,16,20,25H,5-6,11-13H2,1-4H3,(H,24,26)/t16-,20-/m1/s1. The van der Waals surface area contributed by atoms with Crippen molar-refractivity contribution in [1.29, 1.82) is 0 Å². The highest BCUT2D eigenvalue weighted by Gasteiger charge is 2.37. The van der Waals surface area contributed by atoms with Crippen molar-refractivity contribution in [3.05, 3.63) is 51.4 Å². The van der Waals surface area contributed by atoms with Crippen molar-refractivity contribution in [2.75, 3.05) is 5.32 Å². The van der Waals surface area contributed by atoms with Crippen molar-refractivity contribution in [1.82, 2.24) is 5.32 Å². The third-order valence-electron chi connectivity index (χ3n) is 6.78. The first-order valence-electron chi connectivity index (χ1n) is 10.2. The molecule has 0 spiro atoms. The van der Waals surface area contributed by atoms with Crippen LogP contribution in [0.1, 0.15) is 78.6 Å². The number of anilines is 1. The summed E-state index contributed by atoms with van der Waals surface area (Å²) < 4.78 is 0. The van der Waals surface area contributed by atoms with Crippen LogP contribution in [-0.2, 0) is 19.3 Å². The molecule has 1 aromatic heterocycles. The van der Waals surface area contributed by atoms with Gasteiger partial charge in [-0.05, 0) is 53.7 Å². The number of thiophene rings is 1. The Bertz CT molecular complexity index is 850. The summed E-state index contributed by atoms with van der Waals surface area (Å²) in [5, 5.41) is 7.82. The smallest absolute Gasteiger partial charge is 0.256 e. The summed E-state index contributed by atoms with van der Waals surface area (Å²) in [6, 6.07) is 8.54. The largest absolute Gasteiger partial charge is 0.353 e. The van der Waals surface area contributed by atoms with E-state index in [9.17, 15) is 4.79 Å². The van der Waals surface area contributed by atoms with Crippen molar-refractivity contribution in [2.45, 2.75) is 66.0 Å². The first-order chi connectivity index (χ1) is 12.9. The first-order valence-corrected chi connectivity index (χ1v) is 11.0. The molecule has 1 aliphatic carbocycles. The molecular weight excluding hydrogens is 352 g/mol. The monoisotopic (exact) mass is 382 g/mol. The van der Waals surface area contributed by atoms with Gasteiger partial charge in [0.05, 0.1) is 5.56 Å². The summed E-state index contributed by atoms with van der Waals surface area (Å²) in [6.45, 7) is 9.22. The number of carbonyl (C=O) groups excluding carboxylic acids is 1. The third kappa shape index (κ3) is 3.29. The zero-order valence-corrected chi connectivity index (χ0v) is 17.6. The van der Waals surface area contributed by atoms with E-state index in [1.54, 1.807) is 11.3 Å². The van der Waals surface area contributed by atoms with Gasteiger partial charge in [-0.25, -0.2) is 0 Å². The summed E-state index contributed by atoms with van der Waals surface area (Å²) in [5.74, 6) is 0.787. The predicted molar refractivity (Wildman–Crippen MR) is 114 cm³/mol. The van der Waals surface area contributed by atoms with E-state index in [4.69, 9.17) is 0 Å². The molecule has 2 N–H and O–H groups in total. The fraction of sp³-hybridized carbons (Fsp3) is 0.522. The molecule has 0 bridgehead atoms. The lowest BCUT2D eigenvalue weighted by Gasteiger charge is -2.36. The van der Waals surface area contributed by atoms with E-state index >= 15 is 0 Å². The second kappa shape index (κ2) is 6.97. The highest BCUT2D eigenvalue weighted by Crippen LogP contribution is 2.46. The first kappa shape index (κ1) is 18.5. The van der Waals surface area contributed by atoms with Crippen molar-refractivity contribution in [2.24, 2.45) is 11.3 Å². The zero-order chi connectivity index (χ0) is 19.2. The van der Waals surface area contributed by atoms with Gasteiger partial charge >= 0.3 is 0 Å². The van der Waals surface area contributed by atoms with Crippen LogP contribution in [0.3, 0.4) is 0 Å². The van der Waals surface area contributed by atoms with E-state index in [1.165, 1.54) is 28.8 Å². The number of benzene rings is 1. The molecule has 144 valence electrons. The number of amides is 1. The van der Waals surface area contributed by atoms with Gasteiger partial charge in [-0.3, -0.25) is 4.79 Å². The Morgan fingerprint density at radius 3 is 2.56 bits per heavy atom. The summed E-state index contributed by atoms with van der Waals surface area (Å²) in [6.07, 6.45) is 5.42.